The quantitative estimate of drug-likeness (QED) is 0.161. The molecule has 0 aliphatic rings. The number of aromatic nitrogens is 4. The van der Waals surface area contributed by atoms with E-state index in [1.807, 2.05) is 108 Å². The van der Waals surface area contributed by atoms with Crippen molar-refractivity contribution in [2.45, 2.75) is 6.36 Å². The lowest BCUT2D eigenvalue weighted by molar-refractivity contribution is -0.274. The van der Waals surface area contributed by atoms with E-state index in [0.717, 1.165) is 53.3 Å². The number of ether oxygens (including phenoxy) is 1. The van der Waals surface area contributed by atoms with Crippen LogP contribution in [0.5, 0.6) is 5.75 Å². The van der Waals surface area contributed by atoms with E-state index in [1.165, 1.54) is 23.5 Å². The maximum atomic E-state index is 13.7. The van der Waals surface area contributed by atoms with Gasteiger partial charge in [-0.1, -0.05) is 145 Å². The molecule has 0 aliphatic carbocycles. The van der Waals surface area contributed by atoms with E-state index < -0.39 is 36.6 Å². The number of fused-ring (bicyclic) bond motifs is 6. The lowest BCUT2D eigenvalue weighted by atomic mass is 9.97. The Kier molecular flexibility index (Phi) is 7.49. The predicted molar refractivity (Wildman–Crippen MR) is 241 cm³/mol. The average molecular weight is 822 g/mol. The summed E-state index contributed by atoms with van der Waals surface area (Å²) in [5.41, 5.74) is 6.78. The zero-order valence-electron chi connectivity index (χ0n) is 36.8. The van der Waals surface area contributed by atoms with Crippen LogP contribution >= 0.6 is 11.3 Å². The second kappa shape index (κ2) is 14.6. The van der Waals surface area contributed by atoms with Crippen LogP contribution in [0.2, 0.25) is 0 Å². The first-order valence-electron chi connectivity index (χ1n) is 21.8. The summed E-state index contributed by atoms with van der Waals surface area (Å²) < 4.78 is 92.2. The molecule has 0 bridgehead atoms. The summed E-state index contributed by atoms with van der Waals surface area (Å²) in [6.45, 7) is 0. The van der Waals surface area contributed by atoms with Gasteiger partial charge in [0.1, 0.15) is 5.75 Å². The largest absolute Gasteiger partial charge is 0.573 e. The Bertz CT molecular complexity index is 3720. The van der Waals surface area contributed by atoms with Gasteiger partial charge < -0.3 is 9.30 Å². The minimum absolute atomic E-state index is 0.125. The molecule has 0 saturated carbocycles. The van der Waals surface area contributed by atoms with Gasteiger partial charge in [0.15, 0.2) is 17.5 Å². The molecule has 61 heavy (non-hydrogen) atoms. The fraction of sp³-hybridized carbons (Fsp3) is 0.0192. The summed E-state index contributed by atoms with van der Waals surface area (Å²) in [6, 6.07) is 46.9. The monoisotopic (exact) mass is 821 g/mol. The van der Waals surface area contributed by atoms with Gasteiger partial charge in [0.2, 0.25) is 0 Å². The topological polar surface area (TPSA) is 52.8 Å². The predicted octanol–water partition coefficient (Wildman–Crippen LogP) is 14.6. The number of benzene rings is 8. The van der Waals surface area contributed by atoms with E-state index >= 15 is 0 Å². The summed E-state index contributed by atoms with van der Waals surface area (Å²) in [4.78, 5) is 14.7. The van der Waals surface area contributed by atoms with Crippen molar-refractivity contribution >= 4 is 53.3 Å². The first-order chi connectivity index (χ1) is 31.9. The van der Waals surface area contributed by atoms with Gasteiger partial charge in [-0.2, -0.15) is 0 Å². The fourth-order valence-electron chi connectivity index (χ4n) is 8.02. The number of thiophene rings is 1. The van der Waals surface area contributed by atoms with Gasteiger partial charge in [-0.15, -0.1) is 24.5 Å². The first-order valence-corrected chi connectivity index (χ1v) is 20.1. The Morgan fingerprint density at radius 1 is 0.475 bits per heavy atom. The van der Waals surface area contributed by atoms with Crippen LogP contribution in [0.15, 0.2) is 188 Å². The van der Waals surface area contributed by atoms with Crippen LogP contribution < -0.4 is 4.74 Å². The Balaban J connectivity index is 1.24. The molecule has 0 atom stereocenters. The molecule has 9 heteroatoms. The molecule has 8 aromatic carbocycles. The second-order valence-electron chi connectivity index (χ2n) is 14.4. The summed E-state index contributed by atoms with van der Waals surface area (Å²) in [5, 5.41) is 3.22. The Hall–Kier alpha value is -7.62. The number of alkyl halides is 3. The van der Waals surface area contributed by atoms with E-state index in [-0.39, 0.29) is 28.8 Å². The summed E-state index contributed by atoms with van der Waals surface area (Å²) in [6.07, 6.45) is -4.92. The maximum Gasteiger partial charge on any atom is 0.573 e. The van der Waals surface area contributed by atoms with Crippen molar-refractivity contribution in [2.24, 2.45) is 0 Å². The van der Waals surface area contributed by atoms with E-state index in [2.05, 4.69) is 41.1 Å². The third kappa shape index (κ3) is 6.65. The van der Waals surface area contributed by atoms with Gasteiger partial charge in [0, 0.05) is 59.4 Å². The van der Waals surface area contributed by atoms with Gasteiger partial charge in [-0.05, 0) is 58.7 Å². The summed E-state index contributed by atoms with van der Waals surface area (Å²) >= 11 is 1.53. The molecule has 0 spiro atoms. The molecule has 0 radical (unpaired) electrons. The first kappa shape index (κ1) is 31.3. The second-order valence-corrected chi connectivity index (χ2v) is 15.4. The molecular weight excluding hydrogens is 786 g/mol. The number of halogens is 3. The highest BCUT2D eigenvalue weighted by Gasteiger charge is 2.31. The Morgan fingerprint density at radius 3 is 1.89 bits per heavy atom. The average Bonchev–Trinajstić information content (AvgIpc) is 3.88. The smallest absolute Gasteiger partial charge is 0.406 e. The molecule has 292 valence electrons. The Morgan fingerprint density at radius 2 is 1.10 bits per heavy atom. The van der Waals surface area contributed by atoms with Crippen LogP contribution in [0.3, 0.4) is 0 Å². The molecule has 5 nitrogen and oxygen atoms in total. The molecule has 0 N–H and O–H groups in total. The van der Waals surface area contributed by atoms with Crippen LogP contribution in [0, 0.1) is 0 Å². The molecule has 3 heterocycles. The lowest BCUT2D eigenvalue weighted by Crippen LogP contribution is -2.17. The highest BCUT2D eigenvalue weighted by atomic mass is 32.1. The van der Waals surface area contributed by atoms with Crippen molar-refractivity contribution in [3.63, 3.8) is 0 Å². The normalized spacial score (nSPS) is 13.0. The van der Waals surface area contributed by atoms with Crippen molar-refractivity contribution < 1.29 is 24.8 Å². The van der Waals surface area contributed by atoms with Crippen molar-refractivity contribution in [3.8, 4) is 67.9 Å². The molecular formula is C52H31F3N4OS. The third-order valence-corrected chi connectivity index (χ3v) is 11.9. The maximum absolute atomic E-state index is 13.7. The minimum atomic E-state index is -4.92. The SMILES string of the molecule is [2H]c1c([2H])c([2H])c(-c2nc(-c3ccccc3)nc(-c3cc(-n4c5ccccc5c5ccc(OC(F)(F)F)cc54)cc4c3sc3c(-c5cccc(-c6ccccc6)c5)cccc34)n2)c([2H])c1[2H]. The van der Waals surface area contributed by atoms with E-state index in [1.54, 1.807) is 6.07 Å². The van der Waals surface area contributed by atoms with Crippen LogP contribution in [0.1, 0.15) is 6.85 Å². The van der Waals surface area contributed by atoms with Gasteiger partial charge in [0.25, 0.3) is 0 Å². The molecule has 0 saturated heterocycles. The van der Waals surface area contributed by atoms with Gasteiger partial charge >= 0.3 is 6.36 Å². The van der Waals surface area contributed by atoms with E-state index in [9.17, 15) is 13.2 Å². The highest BCUT2D eigenvalue weighted by Crippen LogP contribution is 2.46. The zero-order chi connectivity index (χ0) is 45.4. The van der Waals surface area contributed by atoms with Crippen LogP contribution in [0.25, 0.3) is 104 Å². The third-order valence-electron chi connectivity index (χ3n) is 10.6. The molecule has 0 fully saturated rings. The molecule has 0 unspecified atom stereocenters. The van der Waals surface area contributed by atoms with Crippen LogP contribution in [-0.2, 0) is 0 Å². The molecule has 3 aromatic heterocycles. The number of para-hydroxylation sites is 1. The van der Waals surface area contributed by atoms with E-state index in [4.69, 9.17) is 21.8 Å². The number of hydrogen-bond donors (Lipinski definition) is 0. The zero-order valence-corrected chi connectivity index (χ0v) is 32.6. The van der Waals surface area contributed by atoms with Gasteiger partial charge in [0.05, 0.1) is 17.9 Å². The van der Waals surface area contributed by atoms with Crippen LogP contribution in [0.4, 0.5) is 13.2 Å². The molecule has 0 amide bonds. The summed E-state index contributed by atoms with van der Waals surface area (Å²) in [5.74, 6) is -0.151. The minimum Gasteiger partial charge on any atom is -0.406 e. The van der Waals surface area contributed by atoms with Crippen molar-refractivity contribution in [1.82, 2.24) is 19.5 Å². The molecule has 11 rings (SSSR count). The van der Waals surface area contributed by atoms with Crippen molar-refractivity contribution in [2.75, 3.05) is 0 Å². The molecule has 0 aliphatic heterocycles. The van der Waals surface area contributed by atoms with Crippen molar-refractivity contribution in [1.29, 1.82) is 0 Å². The van der Waals surface area contributed by atoms with Gasteiger partial charge in [-0.25, -0.2) is 15.0 Å². The summed E-state index contributed by atoms with van der Waals surface area (Å²) in [7, 11) is 0. The van der Waals surface area contributed by atoms with Gasteiger partial charge in [-0.3, -0.25) is 0 Å². The number of rotatable bonds is 7. The Labute approximate surface area is 358 Å². The molecule has 11 aromatic rings. The fourth-order valence-corrected chi connectivity index (χ4v) is 9.34. The van der Waals surface area contributed by atoms with Crippen LogP contribution in [-0.4, -0.2) is 25.9 Å². The van der Waals surface area contributed by atoms with E-state index in [0.29, 0.717) is 27.7 Å². The standard InChI is InChI=1S/C52H31F3N4OS/c53-52(54,55)60-38-26-27-41-40-22-10-11-25-45(40)59(46(41)31-38)37-29-43-42-24-13-23-39(36-21-12-20-35(28-36)32-14-4-1-5-15-32)47(42)61-48(43)44(30-37)51-57-49(33-16-6-2-7-17-33)56-50(58-51)34-18-8-3-9-19-34/h1-31H/i2D,6D,7D,16D,17D. The number of hydrogen-bond acceptors (Lipinski definition) is 5. The number of nitrogens with zero attached hydrogens (tertiary/aromatic N) is 4. The van der Waals surface area contributed by atoms with Crippen molar-refractivity contribution in [3.05, 3.63) is 188 Å². The highest BCUT2D eigenvalue weighted by molar-refractivity contribution is 7.26. The lowest BCUT2D eigenvalue weighted by Gasteiger charge is -2.14.